The SMILES string of the molecule is CS(=O)(=O)CCC(=O)NC1CCC(Oc2ccc3c(c2)OCO3)CC1. The number of ether oxygens (including phenoxy) is 3. The predicted octanol–water partition coefficient (Wildman–Crippen LogP) is 1.66. The van der Waals surface area contributed by atoms with Crippen molar-refractivity contribution in [3.8, 4) is 17.2 Å². The highest BCUT2D eigenvalue weighted by atomic mass is 32.2. The third-order valence-corrected chi connectivity index (χ3v) is 5.33. The van der Waals surface area contributed by atoms with Crippen LogP contribution in [0.2, 0.25) is 0 Å². The number of sulfone groups is 1. The summed E-state index contributed by atoms with van der Waals surface area (Å²) < 4.78 is 38.8. The first kappa shape index (κ1) is 17.8. The van der Waals surface area contributed by atoms with Crippen molar-refractivity contribution in [1.82, 2.24) is 5.32 Å². The van der Waals surface area contributed by atoms with Crippen LogP contribution in [0.5, 0.6) is 17.2 Å². The van der Waals surface area contributed by atoms with E-state index in [0.717, 1.165) is 43.4 Å². The van der Waals surface area contributed by atoms with Crippen LogP contribution in [0.15, 0.2) is 18.2 Å². The van der Waals surface area contributed by atoms with E-state index in [2.05, 4.69) is 5.32 Å². The van der Waals surface area contributed by atoms with E-state index < -0.39 is 9.84 Å². The molecule has 1 aliphatic heterocycles. The average molecular weight is 369 g/mol. The molecule has 0 unspecified atom stereocenters. The molecule has 1 aromatic rings. The first-order chi connectivity index (χ1) is 11.9. The number of carbonyl (C=O) groups excluding carboxylic acids is 1. The molecule has 2 aliphatic rings. The van der Waals surface area contributed by atoms with Crippen molar-refractivity contribution in [3.63, 3.8) is 0 Å². The van der Waals surface area contributed by atoms with E-state index in [-0.39, 0.29) is 37.0 Å². The Bertz CT molecular complexity index is 725. The van der Waals surface area contributed by atoms with E-state index in [0.29, 0.717) is 5.75 Å². The maximum Gasteiger partial charge on any atom is 0.231 e. The Hall–Kier alpha value is -1.96. The van der Waals surface area contributed by atoms with Crippen LogP contribution in [-0.4, -0.2) is 45.3 Å². The number of amides is 1. The second-order valence-corrected chi connectivity index (χ2v) is 8.81. The zero-order valence-electron chi connectivity index (χ0n) is 14.2. The fourth-order valence-electron chi connectivity index (χ4n) is 3.05. The van der Waals surface area contributed by atoms with Gasteiger partial charge in [0.25, 0.3) is 0 Å². The molecule has 0 atom stereocenters. The Labute approximate surface area is 147 Å². The van der Waals surface area contributed by atoms with Crippen LogP contribution in [-0.2, 0) is 14.6 Å². The van der Waals surface area contributed by atoms with Gasteiger partial charge >= 0.3 is 0 Å². The van der Waals surface area contributed by atoms with E-state index in [1.165, 1.54) is 0 Å². The van der Waals surface area contributed by atoms with Gasteiger partial charge in [-0.05, 0) is 37.8 Å². The Balaban J connectivity index is 1.42. The number of benzene rings is 1. The van der Waals surface area contributed by atoms with E-state index >= 15 is 0 Å². The maximum absolute atomic E-state index is 11.8. The average Bonchev–Trinajstić information content (AvgIpc) is 3.02. The lowest BCUT2D eigenvalue weighted by Gasteiger charge is -2.29. The lowest BCUT2D eigenvalue weighted by molar-refractivity contribution is -0.121. The summed E-state index contributed by atoms with van der Waals surface area (Å²) in [6.07, 6.45) is 4.58. The predicted molar refractivity (Wildman–Crippen MR) is 91.7 cm³/mol. The maximum atomic E-state index is 11.8. The van der Waals surface area contributed by atoms with Gasteiger partial charge in [-0.25, -0.2) is 8.42 Å². The molecule has 0 radical (unpaired) electrons. The number of nitrogens with one attached hydrogen (secondary N) is 1. The summed E-state index contributed by atoms with van der Waals surface area (Å²) in [6.45, 7) is 0.239. The van der Waals surface area contributed by atoms with Crippen LogP contribution in [0.4, 0.5) is 0 Å². The number of hydrogen-bond donors (Lipinski definition) is 1. The minimum absolute atomic E-state index is 0.0203. The standard InChI is InChI=1S/C17H23NO6S/c1-25(20,21)9-8-17(19)18-12-2-4-13(5-3-12)24-14-6-7-15-16(10-14)23-11-22-15/h6-7,10,12-13H,2-5,8-9,11H2,1H3,(H,18,19). The molecular formula is C17H23NO6S. The van der Waals surface area contributed by atoms with Crippen molar-refractivity contribution in [2.45, 2.75) is 44.2 Å². The van der Waals surface area contributed by atoms with Gasteiger partial charge in [-0.2, -0.15) is 0 Å². The summed E-state index contributed by atoms with van der Waals surface area (Å²) >= 11 is 0. The van der Waals surface area contributed by atoms with Crippen LogP contribution < -0.4 is 19.5 Å². The molecule has 0 spiro atoms. The lowest BCUT2D eigenvalue weighted by Crippen LogP contribution is -2.40. The molecule has 1 fully saturated rings. The summed E-state index contributed by atoms with van der Waals surface area (Å²) in [5.74, 6) is 1.87. The molecule has 1 aromatic carbocycles. The van der Waals surface area contributed by atoms with E-state index in [1.807, 2.05) is 18.2 Å². The van der Waals surface area contributed by atoms with Crippen LogP contribution in [0.3, 0.4) is 0 Å². The quantitative estimate of drug-likeness (QED) is 0.820. The van der Waals surface area contributed by atoms with Gasteiger partial charge in [-0.1, -0.05) is 0 Å². The van der Waals surface area contributed by atoms with Crippen molar-refractivity contribution in [1.29, 1.82) is 0 Å². The molecule has 0 saturated heterocycles. The summed E-state index contributed by atoms with van der Waals surface area (Å²) in [5, 5.41) is 2.91. The zero-order valence-corrected chi connectivity index (χ0v) is 15.0. The van der Waals surface area contributed by atoms with Crippen molar-refractivity contribution < 1.29 is 27.4 Å². The molecule has 1 aliphatic carbocycles. The van der Waals surface area contributed by atoms with Gasteiger partial charge in [0, 0.05) is 24.8 Å². The highest BCUT2D eigenvalue weighted by molar-refractivity contribution is 7.90. The summed E-state index contributed by atoms with van der Waals surface area (Å²) in [4.78, 5) is 11.8. The van der Waals surface area contributed by atoms with Gasteiger partial charge in [0.15, 0.2) is 11.5 Å². The molecule has 1 saturated carbocycles. The normalized spacial score (nSPS) is 22.4. The highest BCUT2D eigenvalue weighted by Crippen LogP contribution is 2.36. The lowest BCUT2D eigenvalue weighted by atomic mass is 9.93. The second-order valence-electron chi connectivity index (χ2n) is 6.55. The number of rotatable bonds is 6. The van der Waals surface area contributed by atoms with E-state index in [4.69, 9.17) is 14.2 Å². The zero-order chi connectivity index (χ0) is 17.9. The van der Waals surface area contributed by atoms with E-state index in [1.54, 1.807) is 0 Å². The summed E-state index contributed by atoms with van der Waals surface area (Å²) in [5.41, 5.74) is 0. The van der Waals surface area contributed by atoms with Crippen LogP contribution in [0.1, 0.15) is 32.1 Å². The third-order valence-electron chi connectivity index (χ3n) is 4.39. The first-order valence-corrected chi connectivity index (χ1v) is 10.5. The van der Waals surface area contributed by atoms with Crippen LogP contribution in [0, 0.1) is 0 Å². The molecule has 25 heavy (non-hydrogen) atoms. The molecule has 1 heterocycles. The molecule has 138 valence electrons. The molecular weight excluding hydrogens is 346 g/mol. The Morgan fingerprint density at radius 2 is 1.92 bits per heavy atom. The number of hydrogen-bond acceptors (Lipinski definition) is 6. The van der Waals surface area contributed by atoms with Crippen LogP contribution >= 0.6 is 0 Å². The summed E-state index contributed by atoms with van der Waals surface area (Å²) in [7, 11) is -3.11. The fourth-order valence-corrected chi connectivity index (χ4v) is 3.60. The van der Waals surface area contributed by atoms with Gasteiger partial charge in [0.1, 0.15) is 15.6 Å². The number of fused-ring (bicyclic) bond motifs is 1. The monoisotopic (exact) mass is 369 g/mol. The largest absolute Gasteiger partial charge is 0.490 e. The first-order valence-electron chi connectivity index (χ1n) is 8.42. The molecule has 8 heteroatoms. The topological polar surface area (TPSA) is 90.9 Å². The van der Waals surface area contributed by atoms with Crippen molar-refractivity contribution >= 4 is 15.7 Å². The highest BCUT2D eigenvalue weighted by Gasteiger charge is 2.24. The van der Waals surface area contributed by atoms with Gasteiger partial charge in [0.2, 0.25) is 12.7 Å². The molecule has 0 aromatic heterocycles. The minimum atomic E-state index is -3.11. The van der Waals surface area contributed by atoms with Crippen molar-refractivity contribution in [2.75, 3.05) is 18.8 Å². The van der Waals surface area contributed by atoms with Gasteiger partial charge in [-0.3, -0.25) is 4.79 Å². The Morgan fingerprint density at radius 1 is 1.20 bits per heavy atom. The molecule has 1 amide bonds. The van der Waals surface area contributed by atoms with Crippen LogP contribution in [0.25, 0.3) is 0 Å². The molecule has 0 bridgehead atoms. The smallest absolute Gasteiger partial charge is 0.231 e. The van der Waals surface area contributed by atoms with E-state index in [9.17, 15) is 13.2 Å². The Kier molecular flexibility index (Phi) is 5.36. The summed E-state index contributed by atoms with van der Waals surface area (Å²) in [6, 6.07) is 5.63. The molecule has 7 nitrogen and oxygen atoms in total. The fraction of sp³-hybridized carbons (Fsp3) is 0.588. The number of carbonyl (C=O) groups is 1. The van der Waals surface area contributed by atoms with Gasteiger partial charge in [0.05, 0.1) is 11.9 Å². The molecule has 3 rings (SSSR count). The Morgan fingerprint density at radius 3 is 2.64 bits per heavy atom. The second kappa shape index (κ2) is 7.51. The van der Waals surface area contributed by atoms with Gasteiger partial charge < -0.3 is 19.5 Å². The minimum Gasteiger partial charge on any atom is -0.490 e. The molecule has 1 N–H and O–H groups in total. The van der Waals surface area contributed by atoms with Gasteiger partial charge in [-0.15, -0.1) is 0 Å². The third kappa shape index (κ3) is 5.26. The van der Waals surface area contributed by atoms with Crippen molar-refractivity contribution in [2.24, 2.45) is 0 Å². The van der Waals surface area contributed by atoms with Crippen molar-refractivity contribution in [3.05, 3.63) is 18.2 Å².